The van der Waals surface area contributed by atoms with Crippen LogP contribution >= 0.6 is 46.4 Å². The van der Waals surface area contributed by atoms with Gasteiger partial charge in [-0.1, -0.05) is 54.6 Å². The third-order valence-corrected chi connectivity index (χ3v) is 3.31. The minimum atomic E-state index is 0.187. The van der Waals surface area contributed by atoms with Crippen LogP contribution in [0, 0.1) is 5.92 Å². The summed E-state index contributed by atoms with van der Waals surface area (Å²) in [5, 5.41) is 0.564. The van der Waals surface area contributed by atoms with Crippen molar-refractivity contribution in [2.45, 2.75) is 32.6 Å². The molecule has 4 heteroatoms. The highest BCUT2D eigenvalue weighted by Gasteiger charge is 2.09. The van der Waals surface area contributed by atoms with Crippen molar-refractivity contribution in [3.05, 3.63) is 9.52 Å². The predicted octanol–water partition coefficient (Wildman–Crippen LogP) is 5.31. The summed E-state index contributed by atoms with van der Waals surface area (Å²) < 4.78 is 0.187. The van der Waals surface area contributed by atoms with E-state index in [4.69, 9.17) is 46.4 Å². The molecule has 0 aromatic heterocycles. The van der Waals surface area contributed by atoms with E-state index in [0.717, 1.165) is 31.6 Å². The van der Waals surface area contributed by atoms with Crippen molar-refractivity contribution in [3.8, 4) is 0 Å². The molecule has 0 aromatic carbocycles. The fourth-order valence-electron chi connectivity index (χ4n) is 1.03. The first-order chi connectivity index (χ1) is 6.09. The van der Waals surface area contributed by atoms with Crippen LogP contribution in [0.5, 0.6) is 0 Å². The second-order valence-corrected chi connectivity index (χ2v) is 4.78. The monoisotopic (exact) mass is 262 g/mol. The highest BCUT2D eigenvalue weighted by atomic mass is 35.5. The molecule has 0 heterocycles. The molecule has 0 amide bonds. The van der Waals surface area contributed by atoms with Crippen LogP contribution in [0.15, 0.2) is 9.52 Å². The Morgan fingerprint density at radius 1 is 1.08 bits per heavy atom. The van der Waals surface area contributed by atoms with Crippen LogP contribution in [-0.2, 0) is 0 Å². The molecule has 0 aliphatic rings. The molecule has 0 radical (unpaired) electrons. The summed E-state index contributed by atoms with van der Waals surface area (Å²) in [6.07, 6.45) is 4.33. The van der Waals surface area contributed by atoms with Crippen LogP contribution in [0.2, 0.25) is 0 Å². The first kappa shape index (κ1) is 13.9. The minimum absolute atomic E-state index is 0.187. The quantitative estimate of drug-likeness (QED) is 0.450. The van der Waals surface area contributed by atoms with E-state index >= 15 is 0 Å². The lowest BCUT2D eigenvalue weighted by molar-refractivity contribution is 0.570. The van der Waals surface area contributed by atoms with Crippen molar-refractivity contribution in [2.75, 3.05) is 5.88 Å². The molecule has 0 saturated carbocycles. The van der Waals surface area contributed by atoms with E-state index in [2.05, 4.69) is 0 Å². The van der Waals surface area contributed by atoms with Crippen molar-refractivity contribution >= 4 is 46.4 Å². The van der Waals surface area contributed by atoms with E-state index in [0.29, 0.717) is 5.03 Å². The second-order valence-electron chi connectivity index (χ2n) is 3.05. The van der Waals surface area contributed by atoms with Gasteiger partial charge in [0.15, 0.2) is 0 Å². The SMILES string of the molecule is CC(CCCCCCl)C(Cl)=C(Cl)Cl. The second kappa shape index (κ2) is 8.23. The molecule has 0 bridgehead atoms. The van der Waals surface area contributed by atoms with E-state index in [9.17, 15) is 0 Å². The topological polar surface area (TPSA) is 0 Å². The highest BCUT2D eigenvalue weighted by Crippen LogP contribution is 2.28. The Labute approximate surface area is 100 Å². The Bertz CT molecular complexity index is 161. The van der Waals surface area contributed by atoms with Crippen molar-refractivity contribution in [1.82, 2.24) is 0 Å². The summed E-state index contributed by atoms with van der Waals surface area (Å²) in [6.45, 7) is 2.02. The Kier molecular flexibility index (Phi) is 8.80. The summed E-state index contributed by atoms with van der Waals surface area (Å²) in [5.41, 5.74) is 0. The summed E-state index contributed by atoms with van der Waals surface area (Å²) in [4.78, 5) is 0. The van der Waals surface area contributed by atoms with Gasteiger partial charge in [-0.15, -0.1) is 11.6 Å². The van der Waals surface area contributed by atoms with Gasteiger partial charge in [0.1, 0.15) is 4.49 Å². The van der Waals surface area contributed by atoms with E-state index in [-0.39, 0.29) is 10.4 Å². The maximum atomic E-state index is 5.87. The first-order valence-corrected chi connectivity index (χ1v) is 6.03. The number of halogens is 4. The van der Waals surface area contributed by atoms with Crippen LogP contribution < -0.4 is 0 Å². The molecule has 0 aliphatic carbocycles. The minimum Gasteiger partial charge on any atom is -0.127 e. The van der Waals surface area contributed by atoms with Crippen molar-refractivity contribution in [1.29, 1.82) is 0 Å². The maximum Gasteiger partial charge on any atom is 0.121 e. The average Bonchev–Trinajstić information content (AvgIpc) is 2.10. The van der Waals surface area contributed by atoms with Crippen LogP contribution in [0.25, 0.3) is 0 Å². The van der Waals surface area contributed by atoms with Crippen molar-refractivity contribution in [2.24, 2.45) is 5.92 Å². The van der Waals surface area contributed by atoms with Crippen LogP contribution in [0.1, 0.15) is 32.6 Å². The number of hydrogen-bond donors (Lipinski definition) is 0. The lowest BCUT2D eigenvalue weighted by Gasteiger charge is -2.09. The largest absolute Gasteiger partial charge is 0.127 e. The lowest BCUT2D eigenvalue weighted by atomic mass is 10.0. The number of hydrogen-bond acceptors (Lipinski definition) is 0. The van der Waals surface area contributed by atoms with Gasteiger partial charge in [-0.25, -0.2) is 0 Å². The normalized spacial score (nSPS) is 12.7. The molecule has 0 fully saturated rings. The summed E-state index contributed by atoms with van der Waals surface area (Å²) in [5.74, 6) is 0.982. The molecule has 0 saturated heterocycles. The summed E-state index contributed by atoms with van der Waals surface area (Å²) >= 11 is 22.5. The molecule has 0 aromatic rings. The van der Waals surface area contributed by atoms with E-state index in [1.54, 1.807) is 0 Å². The highest BCUT2D eigenvalue weighted by molar-refractivity contribution is 6.59. The third-order valence-electron chi connectivity index (χ3n) is 1.88. The zero-order chi connectivity index (χ0) is 10.3. The molecule has 0 rings (SSSR count). The van der Waals surface area contributed by atoms with Gasteiger partial charge >= 0.3 is 0 Å². The molecule has 0 spiro atoms. The smallest absolute Gasteiger partial charge is 0.121 e. The van der Waals surface area contributed by atoms with Gasteiger partial charge in [0, 0.05) is 5.88 Å². The Balaban J connectivity index is 3.63. The van der Waals surface area contributed by atoms with Gasteiger partial charge in [0.05, 0.1) is 5.03 Å². The maximum absolute atomic E-state index is 5.87. The van der Waals surface area contributed by atoms with Gasteiger partial charge in [-0.3, -0.25) is 0 Å². The molecule has 0 nitrogen and oxygen atoms in total. The first-order valence-electron chi connectivity index (χ1n) is 4.36. The molecular formula is C9H14Cl4. The van der Waals surface area contributed by atoms with Crippen LogP contribution in [-0.4, -0.2) is 5.88 Å². The predicted molar refractivity (Wildman–Crippen MR) is 62.9 cm³/mol. The number of unbranched alkanes of at least 4 members (excludes halogenated alkanes) is 2. The number of alkyl halides is 1. The standard InChI is InChI=1S/C9H14Cl4/c1-7(8(11)9(12)13)5-3-2-4-6-10/h7H,2-6H2,1H3. The van der Waals surface area contributed by atoms with E-state index in [1.807, 2.05) is 6.92 Å². The van der Waals surface area contributed by atoms with Crippen LogP contribution in [0.3, 0.4) is 0 Å². The molecule has 13 heavy (non-hydrogen) atoms. The van der Waals surface area contributed by atoms with E-state index in [1.165, 1.54) is 0 Å². The summed E-state index contributed by atoms with van der Waals surface area (Å²) in [6, 6.07) is 0. The molecular weight excluding hydrogens is 250 g/mol. The fourth-order valence-corrected chi connectivity index (χ4v) is 1.71. The van der Waals surface area contributed by atoms with Gasteiger partial charge in [0.25, 0.3) is 0 Å². The lowest BCUT2D eigenvalue weighted by Crippen LogP contribution is -1.95. The fraction of sp³-hybridized carbons (Fsp3) is 0.778. The Morgan fingerprint density at radius 3 is 2.15 bits per heavy atom. The van der Waals surface area contributed by atoms with Crippen molar-refractivity contribution in [3.63, 3.8) is 0 Å². The molecule has 1 atom stereocenters. The molecule has 0 N–H and O–H groups in total. The van der Waals surface area contributed by atoms with E-state index < -0.39 is 0 Å². The molecule has 1 unspecified atom stereocenters. The van der Waals surface area contributed by atoms with Crippen molar-refractivity contribution < 1.29 is 0 Å². The zero-order valence-electron chi connectivity index (χ0n) is 7.62. The van der Waals surface area contributed by atoms with Crippen LogP contribution in [0.4, 0.5) is 0 Å². The summed E-state index contributed by atoms with van der Waals surface area (Å²) in [7, 11) is 0. The number of rotatable bonds is 6. The van der Waals surface area contributed by atoms with Gasteiger partial charge in [0.2, 0.25) is 0 Å². The Morgan fingerprint density at radius 2 is 1.69 bits per heavy atom. The Hall–Kier alpha value is 0.900. The number of allylic oxidation sites excluding steroid dienone is 1. The average molecular weight is 264 g/mol. The van der Waals surface area contributed by atoms with Gasteiger partial charge < -0.3 is 0 Å². The third kappa shape index (κ3) is 6.90. The zero-order valence-corrected chi connectivity index (χ0v) is 10.6. The van der Waals surface area contributed by atoms with Gasteiger partial charge in [-0.2, -0.15) is 0 Å². The molecule has 0 aliphatic heterocycles. The molecule has 78 valence electrons. The van der Waals surface area contributed by atoms with Gasteiger partial charge in [-0.05, 0) is 18.8 Å².